The Morgan fingerprint density at radius 2 is 2.08 bits per heavy atom. The van der Waals surface area contributed by atoms with Gasteiger partial charge < -0.3 is 10.5 Å². The van der Waals surface area contributed by atoms with E-state index in [0.29, 0.717) is 33.8 Å². The smallest absolute Gasteiger partial charge is 0.320 e. The number of carbonyl (C=O) groups is 1. The summed E-state index contributed by atoms with van der Waals surface area (Å²) < 4.78 is 5.76. The maximum atomic E-state index is 12.1. The van der Waals surface area contributed by atoms with E-state index in [-0.39, 0.29) is 17.9 Å². The summed E-state index contributed by atoms with van der Waals surface area (Å²) in [5.41, 5.74) is 6.81. The van der Waals surface area contributed by atoms with Crippen LogP contribution < -0.4 is 15.4 Å². The van der Waals surface area contributed by atoms with E-state index >= 15 is 0 Å². The Hall–Kier alpha value is -2.49. The third kappa shape index (κ3) is 2.48. The maximum Gasteiger partial charge on any atom is 0.320 e. The van der Waals surface area contributed by atoms with Crippen molar-refractivity contribution in [3.63, 3.8) is 0 Å². The number of rotatable bonds is 2. The molecule has 2 aliphatic rings. The van der Waals surface area contributed by atoms with Gasteiger partial charge in [-0.2, -0.15) is 5.26 Å². The molecule has 126 valence electrons. The van der Waals surface area contributed by atoms with E-state index in [9.17, 15) is 4.79 Å². The number of nitrogens with zero attached hydrogens (tertiary/aromatic N) is 3. The van der Waals surface area contributed by atoms with Crippen molar-refractivity contribution < 1.29 is 9.53 Å². The lowest BCUT2D eigenvalue weighted by atomic mass is 10.1. The molecule has 2 aromatic rings. The van der Waals surface area contributed by atoms with Crippen molar-refractivity contribution in [3.05, 3.63) is 51.6 Å². The van der Waals surface area contributed by atoms with Crippen LogP contribution in [0.5, 0.6) is 5.75 Å². The Balaban J connectivity index is 1.73. The summed E-state index contributed by atoms with van der Waals surface area (Å²) in [6.45, 7) is 0.419. The van der Waals surface area contributed by atoms with Crippen LogP contribution in [0.2, 0.25) is 10.0 Å². The summed E-state index contributed by atoms with van der Waals surface area (Å²) in [6, 6.07) is 7.78. The number of pyridine rings is 1. The van der Waals surface area contributed by atoms with E-state index in [1.165, 1.54) is 11.1 Å². The molecule has 2 amide bonds. The van der Waals surface area contributed by atoms with Gasteiger partial charge in [0, 0.05) is 28.6 Å². The van der Waals surface area contributed by atoms with Crippen LogP contribution in [0.3, 0.4) is 0 Å². The zero-order valence-electron chi connectivity index (χ0n) is 12.8. The van der Waals surface area contributed by atoms with Crippen LogP contribution in [0.4, 0.5) is 10.6 Å². The molecule has 0 bridgehead atoms. The fourth-order valence-corrected chi connectivity index (χ4v) is 3.98. The van der Waals surface area contributed by atoms with Crippen LogP contribution in [-0.2, 0) is 0 Å². The summed E-state index contributed by atoms with van der Waals surface area (Å²) in [4.78, 5) is 17.7. The minimum atomic E-state index is -0.615. The standard InChI is InChI=1S/C17H12Cl2N4O2/c18-10-2-3-11(19)16-14(10)13-9(7-25-16)15(13)23(17(21)24)12-4-1-8(5-20)6-22-12/h1-4,6,9,13,15H,7H2,(H2,21,24)/t9-,13-,15?/m0/s1. The second-order valence-electron chi connectivity index (χ2n) is 5.99. The Morgan fingerprint density at radius 1 is 1.32 bits per heavy atom. The molecular weight excluding hydrogens is 363 g/mol. The minimum Gasteiger partial charge on any atom is -0.491 e. The van der Waals surface area contributed by atoms with Crippen molar-refractivity contribution in [3.8, 4) is 11.8 Å². The number of benzene rings is 1. The molecular formula is C17H12Cl2N4O2. The number of carbonyl (C=O) groups excluding carboxylic acids is 1. The molecule has 4 rings (SSSR count). The highest BCUT2D eigenvalue weighted by Crippen LogP contribution is 2.60. The van der Waals surface area contributed by atoms with Crippen molar-refractivity contribution in [2.45, 2.75) is 12.0 Å². The molecule has 1 fully saturated rings. The monoisotopic (exact) mass is 374 g/mol. The van der Waals surface area contributed by atoms with Gasteiger partial charge in [0.25, 0.3) is 0 Å². The molecule has 3 atom stereocenters. The summed E-state index contributed by atoms with van der Waals surface area (Å²) >= 11 is 12.6. The van der Waals surface area contributed by atoms with Gasteiger partial charge in [0.1, 0.15) is 17.6 Å². The van der Waals surface area contributed by atoms with E-state index in [1.54, 1.807) is 24.3 Å². The average molecular weight is 375 g/mol. The first-order valence-corrected chi connectivity index (χ1v) is 8.34. The van der Waals surface area contributed by atoms with Crippen LogP contribution in [0.15, 0.2) is 30.5 Å². The first-order valence-electron chi connectivity index (χ1n) is 7.58. The van der Waals surface area contributed by atoms with Gasteiger partial charge in [0.15, 0.2) is 0 Å². The molecule has 1 saturated carbocycles. The highest BCUT2D eigenvalue weighted by Gasteiger charge is 2.60. The zero-order chi connectivity index (χ0) is 17.7. The van der Waals surface area contributed by atoms with Gasteiger partial charge in [0.05, 0.1) is 23.2 Å². The number of halogens is 2. The van der Waals surface area contributed by atoms with Crippen molar-refractivity contribution in [1.29, 1.82) is 5.26 Å². The molecule has 1 unspecified atom stereocenters. The first-order chi connectivity index (χ1) is 12.0. The Morgan fingerprint density at radius 3 is 2.72 bits per heavy atom. The van der Waals surface area contributed by atoms with Crippen molar-refractivity contribution in [2.24, 2.45) is 11.7 Å². The highest BCUT2D eigenvalue weighted by molar-refractivity contribution is 6.35. The number of anilines is 1. The van der Waals surface area contributed by atoms with Gasteiger partial charge in [-0.3, -0.25) is 4.90 Å². The number of amides is 2. The second-order valence-corrected chi connectivity index (χ2v) is 6.80. The molecule has 1 aromatic heterocycles. The number of hydrogen-bond acceptors (Lipinski definition) is 4. The molecule has 8 heteroatoms. The second kappa shape index (κ2) is 5.80. The summed E-state index contributed by atoms with van der Waals surface area (Å²) in [6.07, 6.45) is 1.41. The lowest BCUT2D eigenvalue weighted by Crippen LogP contribution is -2.39. The third-order valence-corrected chi connectivity index (χ3v) is 5.26. The normalized spacial score (nSPS) is 22.8. The van der Waals surface area contributed by atoms with Gasteiger partial charge in [-0.25, -0.2) is 9.78 Å². The Kier molecular flexibility index (Phi) is 3.71. The highest BCUT2D eigenvalue weighted by atomic mass is 35.5. The fourth-order valence-electron chi connectivity index (χ4n) is 3.49. The van der Waals surface area contributed by atoms with E-state index in [2.05, 4.69) is 4.98 Å². The number of nitrogens with two attached hydrogens (primary N) is 1. The van der Waals surface area contributed by atoms with E-state index < -0.39 is 6.03 Å². The van der Waals surface area contributed by atoms with Crippen LogP contribution in [-0.4, -0.2) is 23.7 Å². The molecule has 1 aromatic carbocycles. The number of nitriles is 1. The number of urea groups is 1. The van der Waals surface area contributed by atoms with E-state index in [1.807, 2.05) is 6.07 Å². The molecule has 1 aliphatic carbocycles. The van der Waals surface area contributed by atoms with E-state index in [0.717, 1.165) is 5.56 Å². The summed E-state index contributed by atoms with van der Waals surface area (Å²) in [5, 5.41) is 9.93. The number of aromatic nitrogens is 1. The maximum absolute atomic E-state index is 12.1. The van der Waals surface area contributed by atoms with Gasteiger partial charge >= 0.3 is 6.03 Å². The summed E-state index contributed by atoms with van der Waals surface area (Å²) in [7, 11) is 0. The largest absolute Gasteiger partial charge is 0.491 e. The fraction of sp³-hybridized carbons (Fsp3) is 0.235. The molecule has 25 heavy (non-hydrogen) atoms. The first kappa shape index (κ1) is 16.0. The quantitative estimate of drug-likeness (QED) is 0.872. The van der Waals surface area contributed by atoms with E-state index in [4.69, 9.17) is 38.9 Å². The Bertz CT molecular complexity index is 910. The molecule has 0 spiro atoms. The predicted molar refractivity (Wildman–Crippen MR) is 93.0 cm³/mol. The molecule has 1 aliphatic heterocycles. The molecule has 2 heterocycles. The van der Waals surface area contributed by atoms with Gasteiger partial charge in [-0.05, 0) is 24.3 Å². The van der Waals surface area contributed by atoms with Crippen LogP contribution in [0.1, 0.15) is 17.0 Å². The topological polar surface area (TPSA) is 92.2 Å². The number of hydrogen-bond donors (Lipinski definition) is 1. The number of ether oxygens (including phenoxy) is 1. The SMILES string of the molecule is N#Cc1ccc(N(C(N)=O)C2[C@H]3COc4c(Cl)ccc(Cl)c4[C@@H]23)nc1. The third-order valence-electron chi connectivity index (χ3n) is 4.63. The van der Waals surface area contributed by atoms with Crippen LogP contribution >= 0.6 is 23.2 Å². The lowest BCUT2D eigenvalue weighted by Gasteiger charge is -2.20. The predicted octanol–water partition coefficient (Wildman–Crippen LogP) is 3.32. The minimum absolute atomic E-state index is 0.0140. The Labute approximate surface area is 153 Å². The van der Waals surface area contributed by atoms with Crippen molar-refractivity contribution >= 4 is 35.1 Å². The number of primary amides is 1. The lowest BCUT2D eigenvalue weighted by molar-refractivity contribution is 0.252. The average Bonchev–Trinajstić information content (AvgIpc) is 3.32. The van der Waals surface area contributed by atoms with Gasteiger partial charge in [0.2, 0.25) is 0 Å². The summed E-state index contributed by atoms with van der Waals surface area (Å²) in [5.74, 6) is 1.01. The van der Waals surface area contributed by atoms with Gasteiger partial charge in [-0.15, -0.1) is 0 Å². The van der Waals surface area contributed by atoms with Gasteiger partial charge in [-0.1, -0.05) is 23.2 Å². The molecule has 0 saturated heterocycles. The molecule has 0 radical (unpaired) electrons. The van der Waals surface area contributed by atoms with Crippen molar-refractivity contribution in [1.82, 2.24) is 4.98 Å². The zero-order valence-corrected chi connectivity index (χ0v) is 14.3. The van der Waals surface area contributed by atoms with Crippen LogP contribution in [0.25, 0.3) is 0 Å². The molecule has 2 N–H and O–H groups in total. The van der Waals surface area contributed by atoms with Crippen LogP contribution in [0, 0.1) is 17.2 Å². The molecule has 6 nitrogen and oxygen atoms in total. The number of fused-ring (bicyclic) bond motifs is 3. The van der Waals surface area contributed by atoms with Crippen molar-refractivity contribution in [2.75, 3.05) is 11.5 Å².